The van der Waals surface area contributed by atoms with Gasteiger partial charge in [-0.25, -0.2) is 13.9 Å². The molecule has 3 aliphatic heterocycles. The first kappa shape index (κ1) is 25.7. The number of amides is 1. The van der Waals surface area contributed by atoms with Crippen molar-refractivity contribution < 1.29 is 13.9 Å². The molecule has 1 aliphatic carbocycles. The fourth-order valence-electron chi connectivity index (χ4n) is 6.69. The number of carbonyl (C=O) groups is 1. The normalized spacial score (nSPS) is 20.9. The molecule has 0 radical (unpaired) electrons. The number of ether oxygens (including phenoxy) is 1. The summed E-state index contributed by atoms with van der Waals surface area (Å²) in [4.78, 5) is 24.5. The molecule has 6 heterocycles. The van der Waals surface area contributed by atoms with Crippen LogP contribution in [0.4, 0.5) is 20.9 Å². The maximum Gasteiger partial charge on any atom is 0.228 e. The highest BCUT2D eigenvalue weighted by Gasteiger charge is 2.54. The summed E-state index contributed by atoms with van der Waals surface area (Å²) < 4.78 is 20.9. The Morgan fingerprint density at radius 1 is 1.17 bits per heavy atom. The quantitative estimate of drug-likeness (QED) is 0.322. The van der Waals surface area contributed by atoms with E-state index in [0.29, 0.717) is 40.4 Å². The lowest BCUT2D eigenvalue weighted by Crippen LogP contribution is -2.73. The zero-order valence-electron chi connectivity index (χ0n) is 23.3. The molecule has 214 valence electrons. The molecule has 9 nitrogen and oxygen atoms in total. The second-order valence-corrected chi connectivity index (χ2v) is 13.2. The number of fused-ring (bicyclic) bond motifs is 1. The van der Waals surface area contributed by atoms with Crippen molar-refractivity contribution >= 4 is 39.3 Å². The number of nitriles is 1. The summed E-state index contributed by atoms with van der Waals surface area (Å²) in [7, 11) is 1.98. The van der Waals surface area contributed by atoms with Gasteiger partial charge in [0.15, 0.2) is 5.13 Å². The molecule has 0 bridgehead atoms. The van der Waals surface area contributed by atoms with E-state index in [1.54, 1.807) is 12.1 Å². The number of anilines is 3. The number of rotatable bonds is 6. The minimum atomic E-state index is -0.323. The number of hydrogen-bond acceptors (Lipinski definition) is 8. The van der Waals surface area contributed by atoms with Crippen molar-refractivity contribution in [3.8, 4) is 17.3 Å². The number of thiazole rings is 1. The molecular formula is C31H30FN7O2S. The molecule has 1 unspecified atom stereocenters. The van der Waals surface area contributed by atoms with E-state index in [1.807, 2.05) is 22.7 Å². The van der Waals surface area contributed by atoms with Gasteiger partial charge in [-0.3, -0.25) is 4.79 Å². The van der Waals surface area contributed by atoms with E-state index in [0.717, 1.165) is 68.0 Å². The maximum atomic E-state index is 13.5. The van der Waals surface area contributed by atoms with Crippen molar-refractivity contribution in [2.75, 3.05) is 56.2 Å². The van der Waals surface area contributed by atoms with Crippen LogP contribution < -0.4 is 9.80 Å². The molecule has 11 heteroatoms. The highest BCUT2D eigenvalue weighted by Crippen LogP contribution is 2.48. The van der Waals surface area contributed by atoms with E-state index in [4.69, 9.17) is 14.8 Å². The van der Waals surface area contributed by atoms with Crippen molar-refractivity contribution in [3.05, 3.63) is 59.0 Å². The van der Waals surface area contributed by atoms with E-state index in [9.17, 15) is 14.4 Å². The Labute approximate surface area is 246 Å². The smallest absolute Gasteiger partial charge is 0.228 e. The predicted molar refractivity (Wildman–Crippen MR) is 158 cm³/mol. The van der Waals surface area contributed by atoms with Gasteiger partial charge in [0.05, 0.1) is 29.4 Å². The Hall–Kier alpha value is -4.01. The van der Waals surface area contributed by atoms with E-state index in [-0.39, 0.29) is 23.1 Å². The number of nitrogens with zero attached hydrogens (tertiary/aromatic N) is 7. The first-order valence-corrected chi connectivity index (χ1v) is 15.3. The van der Waals surface area contributed by atoms with Crippen molar-refractivity contribution in [2.45, 2.75) is 25.2 Å². The number of carbonyl (C=O) groups excluding carboxylic acids is 1. The van der Waals surface area contributed by atoms with Gasteiger partial charge in [-0.2, -0.15) is 10.4 Å². The van der Waals surface area contributed by atoms with Gasteiger partial charge in [0.2, 0.25) is 5.91 Å². The second kappa shape index (κ2) is 9.51. The van der Waals surface area contributed by atoms with E-state index >= 15 is 0 Å². The van der Waals surface area contributed by atoms with Gasteiger partial charge in [0, 0.05) is 68.6 Å². The van der Waals surface area contributed by atoms with Crippen molar-refractivity contribution in [1.29, 1.82) is 5.26 Å². The van der Waals surface area contributed by atoms with Gasteiger partial charge >= 0.3 is 0 Å². The third kappa shape index (κ3) is 4.15. The largest absolute Gasteiger partial charge is 0.381 e. The van der Waals surface area contributed by atoms with Crippen molar-refractivity contribution in [3.63, 3.8) is 0 Å². The van der Waals surface area contributed by atoms with Crippen LogP contribution >= 0.6 is 11.3 Å². The average Bonchev–Trinajstić information content (AvgIpc) is 3.34. The molecule has 42 heavy (non-hydrogen) atoms. The SMILES string of the molecule is CN(c1nc(-c2ccc(F)cc2)c(C#N)s1)c1c(C2CC2)nn2ccc(N3CC4(CN(C(=O)C5CCOC5)C4)C3)cc12. The maximum absolute atomic E-state index is 13.5. The lowest BCUT2D eigenvalue weighted by molar-refractivity contribution is -0.149. The molecule has 1 atom stereocenters. The summed E-state index contributed by atoms with van der Waals surface area (Å²) in [5.41, 5.74) is 5.67. The summed E-state index contributed by atoms with van der Waals surface area (Å²) in [6.07, 6.45) is 5.08. The zero-order chi connectivity index (χ0) is 28.6. The van der Waals surface area contributed by atoms with E-state index < -0.39 is 0 Å². The summed E-state index contributed by atoms with van der Waals surface area (Å²) in [6.45, 7) is 4.78. The molecule has 4 aromatic rings. The van der Waals surface area contributed by atoms with Crippen LogP contribution in [0.15, 0.2) is 42.6 Å². The number of benzene rings is 1. The molecule has 3 saturated heterocycles. The number of hydrogen-bond donors (Lipinski definition) is 0. The minimum Gasteiger partial charge on any atom is -0.381 e. The fraction of sp³-hybridized carbons (Fsp3) is 0.419. The summed E-state index contributed by atoms with van der Waals surface area (Å²) in [6, 6.07) is 12.7. The topological polar surface area (TPSA) is 90.0 Å². The molecule has 0 N–H and O–H groups in total. The van der Waals surface area contributed by atoms with Crippen molar-refractivity contribution in [2.24, 2.45) is 11.3 Å². The summed E-state index contributed by atoms with van der Waals surface area (Å²) in [5, 5.41) is 15.5. The van der Waals surface area contributed by atoms with Gasteiger partial charge in [0.1, 0.15) is 22.5 Å². The molecule has 4 aliphatic rings. The second-order valence-electron chi connectivity index (χ2n) is 12.2. The van der Waals surface area contributed by atoms with Gasteiger partial charge in [-0.1, -0.05) is 11.3 Å². The summed E-state index contributed by atoms with van der Waals surface area (Å²) >= 11 is 1.33. The highest BCUT2D eigenvalue weighted by atomic mass is 32.1. The molecule has 1 spiro atoms. The Morgan fingerprint density at radius 2 is 1.95 bits per heavy atom. The molecule has 1 amide bonds. The predicted octanol–water partition coefficient (Wildman–Crippen LogP) is 4.80. The van der Waals surface area contributed by atoms with Gasteiger partial charge in [-0.15, -0.1) is 0 Å². The standard InChI is InChI=1S/C31H30FN7O2S/c1-36(30-34-26(25(13-33)42-30)19-4-6-22(32)7-5-19)28-24-12-23(8-10-39(24)35-27(28)20-2-3-20)37-15-31(16-37)17-38(18-31)29(40)21-9-11-41-14-21/h4-8,10,12,20-21H,2-3,9,11,14-18H2,1H3. The molecule has 3 aromatic heterocycles. The Kier molecular flexibility index (Phi) is 5.81. The Bertz CT molecular complexity index is 1740. The van der Waals surface area contributed by atoms with Crippen LogP contribution in [0.1, 0.15) is 35.8 Å². The van der Waals surface area contributed by atoms with Crippen molar-refractivity contribution in [1.82, 2.24) is 19.5 Å². The highest BCUT2D eigenvalue weighted by molar-refractivity contribution is 7.16. The lowest BCUT2D eigenvalue weighted by Gasteiger charge is -2.61. The molecular weight excluding hydrogens is 553 g/mol. The van der Waals surface area contributed by atoms with Crippen LogP contribution in [0.3, 0.4) is 0 Å². The molecule has 1 aromatic carbocycles. The third-order valence-corrected chi connectivity index (χ3v) is 10.1. The number of likely N-dealkylation sites (tertiary alicyclic amines) is 1. The average molecular weight is 584 g/mol. The number of halogens is 1. The number of pyridine rings is 1. The van der Waals surface area contributed by atoms with Crippen LogP contribution in [0, 0.1) is 28.5 Å². The lowest BCUT2D eigenvalue weighted by atomic mass is 9.72. The van der Waals surface area contributed by atoms with E-state index in [1.165, 1.54) is 23.5 Å². The van der Waals surface area contributed by atoms with Crippen LogP contribution in [-0.4, -0.2) is 71.8 Å². The minimum absolute atomic E-state index is 0.0349. The fourth-order valence-corrected chi connectivity index (χ4v) is 7.55. The van der Waals surface area contributed by atoms with E-state index in [2.05, 4.69) is 28.0 Å². The zero-order valence-corrected chi connectivity index (χ0v) is 24.1. The van der Waals surface area contributed by atoms with Crippen LogP contribution in [0.2, 0.25) is 0 Å². The van der Waals surface area contributed by atoms with Gasteiger partial charge in [0.25, 0.3) is 0 Å². The third-order valence-electron chi connectivity index (χ3n) is 9.10. The van der Waals surface area contributed by atoms with Crippen LogP contribution in [-0.2, 0) is 9.53 Å². The van der Waals surface area contributed by atoms with Gasteiger partial charge in [-0.05, 0) is 55.7 Å². The Morgan fingerprint density at radius 3 is 2.64 bits per heavy atom. The summed E-state index contributed by atoms with van der Waals surface area (Å²) in [5.74, 6) is 0.375. The molecule has 4 fully saturated rings. The van der Waals surface area contributed by atoms with Gasteiger partial charge < -0.3 is 19.4 Å². The first-order valence-electron chi connectivity index (χ1n) is 14.5. The Balaban J connectivity index is 1.06. The van der Waals surface area contributed by atoms with Crippen LogP contribution in [0.5, 0.6) is 0 Å². The van der Waals surface area contributed by atoms with Crippen LogP contribution in [0.25, 0.3) is 16.8 Å². The molecule has 1 saturated carbocycles. The number of aromatic nitrogens is 3. The first-order chi connectivity index (χ1) is 20.4. The monoisotopic (exact) mass is 583 g/mol. The molecule has 8 rings (SSSR count).